The second-order valence-corrected chi connectivity index (χ2v) is 7.11. The molecular formula is C17H16F2N2O3S. The van der Waals surface area contributed by atoms with Gasteiger partial charge in [0, 0.05) is 12.7 Å². The summed E-state index contributed by atoms with van der Waals surface area (Å²) in [6.07, 6.45) is 1.31. The maximum absolute atomic E-state index is 12.9. The quantitative estimate of drug-likeness (QED) is 0.901. The molecule has 0 aliphatic rings. The molecule has 0 aliphatic heterocycles. The lowest BCUT2D eigenvalue weighted by molar-refractivity contribution is 0.252. The fraction of sp³-hybridized carbons (Fsp3) is 0.118. The third-order valence-corrected chi connectivity index (χ3v) is 4.81. The van der Waals surface area contributed by atoms with Crippen LogP contribution in [0, 0.1) is 11.6 Å². The summed E-state index contributed by atoms with van der Waals surface area (Å²) in [6, 6.07) is 9.37. The molecule has 0 atom stereocenters. The van der Waals surface area contributed by atoms with E-state index in [4.69, 9.17) is 0 Å². The van der Waals surface area contributed by atoms with Gasteiger partial charge in [-0.05, 0) is 55.0 Å². The number of carbonyl (C=O) groups is 1. The van der Waals surface area contributed by atoms with Crippen LogP contribution >= 0.6 is 0 Å². The number of sulfonamides is 1. The van der Waals surface area contributed by atoms with Gasteiger partial charge in [-0.2, -0.15) is 0 Å². The predicted octanol–water partition coefficient (Wildman–Crippen LogP) is 3.50. The van der Waals surface area contributed by atoms with Crippen molar-refractivity contribution in [2.45, 2.75) is 6.92 Å². The molecule has 2 aromatic carbocycles. The molecule has 2 rings (SSSR count). The van der Waals surface area contributed by atoms with Crippen LogP contribution in [-0.4, -0.2) is 21.5 Å². The SMILES string of the molecule is C/C(=C\c1ccc(F)cc1)S(=O)(=O)NC(=O)N(C)c1ccc(F)cc1. The molecule has 25 heavy (non-hydrogen) atoms. The summed E-state index contributed by atoms with van der Waals surface area (Å²) in [6.45, 7) is 1.32. The minimum atomic E-state index is -4.08. The number of halogens is 2. The molecule has 2 amide bonds. The van der Waals surface area contributed by atoms with Gasteiger partial charge in [-0.15, -0.1) is 0 Å². The molecule has 0 saturated carbocycles. The molecule has 0 radical (unpaired) electrons. The standard InChI is InChI=1S/C17H16F2N2O3S/c1-12(11-13-3-5-14(18)6-4-13)25(23,24)20-17(22)21(2)16-9-7-15(19)8-10-16/h3-11H,1-2H3,(H,20,22)/b12-11+. The Morgan fingerprint density at radius 3 is 2.00 bits per heavy atom. The van der Waals surface area contributed by atoms with E-state index in [0.29, 0.717) is 11.3 Å². The van der Waals surface area contributed by atoms with Gasteiger partial charge in [0.25, 0.3) is 10.0 Å². The van der Waals surface area contributed by atoms with Crippen LogP contribution in [0.15, 0.2) is 53.4 Å². The van der Waals surface area contributed by atoms with Gasteiger partial charge in [0.05, 0.1) is 4.91 Å². The monoisotopic (exact) mass is 366 g/mol. The molecule has 0 fully saturated rings. The molecule has 132 valence electrons. The number of hydrogen-bond acceptors (Lipinski definition) is 3. The van der Waals surface area contributed by atoms with E-state index < -0.39 is 27.7 Å². The third-order valence-electron chi connectivity index (χ3n) is 3.40. The second kappa shape index (κ2) is 7.43. The van der Waals surface area contributed by atoms with E-state index in [1.54, 1.807) is 0 Å². The first-order valence-corrected chi connectivity index (χ1v) is 8.67. The van der Waals surface area contributed by atoms with E-state index in [1.165, 1.54) is 56.4 Å². The summed E-state index contributed by atoms with van der Waals surface area (Å²) in [5, 5.41) is 0. The number of anilines is 1. The summed E-state index contributed by atoms with van der Waals surface area (Å²) in [4.78, 5) is 13.0. The van der Waals surface area contributed by atoms with Crippen molar-refractivity contribution < 1.29 is 22.0 Å². The number of nitrogens with one attached hydrogen (secondary N) is 1. The Balaban J connectivity index is 2.14. The first-order valence-electron chi connectivity index (χ1n) is 7.19. The van der Waals surface area contributed by atoms with Crippen molar-refractivity contribution in [1.29, 1.82) is 0 Å². The van der Waals surface area contributed by atoms with E-state index in [1.807, 2.05) is 4.72 Å². The van der Waals surface area contributed by atoms with Gasteiger partial charge in [-0.3, -0.25) is 4.90 Å². The van der Waals surface area contributed by atoms with E-state index in [2.05, 4.69) is 0 Å². The Labute approximate surface area is 144 Å². The zero-order chi connectivity index (χ0) is 18.6. The molecule has 0 unspecified atom stereocenters. The number of amides is 2. The zero-order valence-corrected chi connectivity index (χ0v) is 14.3. The average Bonchev–Trinajstić information content (AvgIpc) is 2.56. The van der Waals surface area contributed by atoms with Crippen molar-refractivity contribution in [3.05, 3.63) is 70.6 Å². The normalized spacial score (nSPS) is 11.9. The number of hydrogen-bond donors (Lipinski definition) is 1. The summed E-state index contributed by atoms with van der Waals surface area (Å²) in [5.74, 6) is -0.907. The molecule has 0 aromatic heterocycles. The molecule has 8 heteroatoms. The van der Waals surface area contributed by atoms with Crippen LogP contribution in [0.25, 0.3) is 6.08 Å². The van der Waals surface area contributed by atoms with Crippen molar-refractivity contribution in [3.63, 3.8) is 0 Å². The van der Waals surface area contributed by atoms with Crippen LogP contribution in [0.1, 0.15) is 12.5 Å². The minimum Gasteiger partial charge on any atom is -0.297 e. The Morgan fingerprint density at radius 1 is 1.00 bits per heavy atom. The van der Waals surface area contributed by atoms with Gasteiger partial charge in [-0.1, -0.05) is 12.1 Å². The topological polar surface area (TPSA) is 66.5 Å². The molecule has 5 nitrogen and oxygen atoms in total. The van der Waals surface area contributed by atoms with Gasteiger partial charge in [0.15, 0.2) is 0 Å². The maximum Gasteiger partial charge on any atom is 0.335 e. The first-order chi connectivity index (χ1) is 11.7. The number of allylic oxidation sites excluding steroid dienone is 1. The smallest absolute Gasteiger partial charge is 0.297 e. The minimum absolute atomic E-state index is 0.111. The highest BCUT2D eigenvalue weighted by Crippen LogP contribution is 2.15. The summed E-state index contributed by atoms with van der Waals surface area (Å²) >= 11 is 0. The van der Waals surface area contributed by atoms with Gasteiger partial charge >= 0.3 is 6.03 Å². The van der Waals surface area contributed by atoms with Crippen molar-refractivity contribution >= 4 is 27.8 Å². The van der Waals surface area contributed by atoms with Gasteiger partial charge < -0.3 is 0 Å². The lowest BCUT2D eigenvalue weighted by Gasteiger charge is -2.18. The van der Waals surface area contributed by atoms with E-state index in [9.17, 15) is 22.0 Å². The summed E-state index contributed by atoms with van der Waals surface area (Å²) in [5.41, 5.74) is 0.804. The number of nitrogens with zero attached hydrogens (tertiary/aromatic N) is 1. The van der Waals surface area contributed by atoms with Crippen LogP contribution in [0.4, 0.5) is 19.3 Å². The van der Waals surface area contributed by atoms with Crippen molar-refractivity contribution in [3.8, 4) is 0 Å². The molecule has 0 heterocycles. The zero-order valence-electron chi connectivity index (χ0n) is 13.5. The lowest BCUT2D eigenvalue weighted by Crippen LogP contribution is -2.40. The van der Waals surface area contributed by atoms with Crippen LogP contribution in [-0.2, 0) is 10.0 Å². The largest absolute Gasteiger partial charge is 0.335 e. The number of urea groups is 1. The average molecular weight is 366 g/mol. The second-order valence-electron chi connectivity index (χ2n) is 5.25. The highest BCUT2D eigenvalue weighted by atomic mass is 32.2. The van der Waals surface area contributed by atoms with Crippen molar-refractivity contribution in [1.82, 2.24) is 4.72 Å². The molecule has 0 spiro atoms. The summed E-state index contributed by atoms with van der Waals surface area (Å²) in [7, 11) is -2.72. The highest BCUT2D eigenvalue weighted by molar-refractivity contribution is 7.94. The molecule has 0 saturated heterocycles. The van der Waals surface area contributed by atoms with E-state index in [0.717, 1.165) is 17.0 Å². The molecule has 0 bridgehead atoms. The van der Waals surface area contributed by atoms with Gasteiger partial charge in [0.2, 0.25) is 0 Å². The molecule has 2 aromatic rings. The summed E-state index contributed by atoms with van der Waals surface area (Å²) < 4.78 is 52.2. The Hall–Kier alpha value is -2.74. The maximum atomic E-state index is 12.9. The van der Waals surface area contributed by atoms with Crippen molar-refractivity contribution in [2.75, 3.05) is 11.9 Å². The predicted molar refractivity (Wildman–Crippen MR) is 92.3 cm³/mol. The van der Waals surface area contributed by atoms with E-state index in [-0.39, 0.29) is 4.91 Å². The Kier molecular flexibility index (Phi) is 5.53. The first kappa shape index (κ1) is 18.6. The van der Waals surface area contributed by atoms with Gasteiger partial charge in [0.1, 0.15) is 11.6 Å². The fourth-order valence-corrected chi connectivity index (χ4v) is 2.74. The Bertz CT molecular complexity index is 892. The fourth-order valence-electron chi connectivity index (χ4n) is 1.92. The van der Waals surface area contributed by atoms with Crippen LogP contribution in [0.5, 0.6) is 0 Å². The Morgan fingerprint density at radius 2 is 1.48 bits per heavy atom. The molecule has 0 aliphatic carbocycles. The molecule has 1 N–H and O–H groups in total. The number of carbonyl (C=O) groups excluding carboxylic acids is 1. The van der Waals surface area contributed by atoms with Crippen LogP contribution in [0.2, 0.25) is 0 Å². The third kappa shape index (κ3) is 4.87. The van der Waals surface area contributed by atoms with Gasteiger partial charge in [-0.25, -0.2) is 26.7 Å². The number of benzene rings is 2. The molecular weight excluding hydrogens is 350 g/mol. The van der Waals surface area contributed by atoms with E-state index >= 15 is 0 Å². The highest BCUT2D eigenvalue weighted by Gasteiger charge is 2.20. The van der Waals surface area contributed by atoms with Crippen molar-refractivity contribution in [2.24, 2.45) is 0 Å². The number of rotatable bonds is 4. The van der Waals surface area contributed by atoms with Crippen LogP contribution < -0.4 is 9.62 Å². The lowest BCUT2D eigenvalue weighted by atomic mass is 10.2. The van der Waals surface area contributed by atoms with Crippen LogP contribution in [0.3, 0.4) is 0 Å².